The van der Waals surface area contributed by atoms with Crippen molar-refractivity contribution in [1.29, 1.82) is 0 Å². The van der Waals surface area contributed by atoms with Crippen molar-refractivity contribution in [2.24, 2.45) is 0 Å². The van der Waals surface area contributed by atoms with Crippen LogP contribution in [0.3, 0.4) is 0 Å². The van der Waals surface area contributed by atoms with E-state index in [9.17, 15) is 13.2 Å². The molecule has 0 aliphatic carbocycles. The molecular weight excluding hydrogens is 401 g/mol. The summed E-state index contributed by atoms with van der Waals surface area (Å²) in [6, 6.07) is 16.4. The van der Waals surface area contributed by atoms with Gasteiger partial charge in [0.15, 0.2) is 0 Å². The predicted octanol–water partition coefficient (Wildman–Crippen LogP) is 5.18. The van der Waals surface area contributed by atoms with E-state index in [0.29, 0.717) is 0 Å². The average molecular weight is 433 g/mol. The predicted molar refractivity (Wildman–Crippen MR) is 116 cm³/mol. The van der Waals surface area contributed by atoms with Gasteiger partial charge in [-0.3, -0.25) is 4.90 Å². The Kier molecular flexibility index (Phi) is 7.31. The molecule has 0 N–H and O–H groups in total. The van der Waals surface area contributed by atoms with Crippen molar-refractivity contribution in [2.45, 2.75) is 44.0 Å². The first kappa shape index (κ1) is 22.3. The van der Waals surface area contributed by atoms with E-state index in [0.717, 1.165) is 76.8 Å². The van der Waals surface area contributed by atoms with Gasteiger partial charge < -0.3 is 9.64 Å². The van der Waals surface area contributed by atoms with E-state index in [4.69, 9.17) is 4.74 Å². The first-order chi connectivity index (χ1) is 15.0. The van der Waals surface area contributed by atoms with Gasteiger partial charge in [-0.15, -0.1) is 0 Å². The summed E-state index contributed by atoms with van der Waals surface area (Å²) in [5, 5.41) is 0. The standard InChI is InChI=1S/C25H31F3N2O/c26-25(27,28)23-9-4-8-22(16-23)21-10-13-29(14-11-21)18-24-19-30(12-5-15-31-24)17-20-6-2-1-3-7-20/h1-4,6-9,16,21,24H,5,10-15,17-19H2. The highest BCUT2D eigenvalue weighted by Crippen LogP contribution is 2.34. The Morgan fingerprint density at radius 2 is 1.68 bits per heavy atom. The van der Waals surface area contributed by atoms with E-state index in [1.165, 1.54) is 17.7 Å². The molecular formula is C25H31F3N2O. The molecule has 3 nitrogen and oxygen atoms in total. The van der Waals surface area contributed by atoms with E-state index in [1.54, 1.807) is 0 Å². The average Bonchev–Trinajstić information content (AvgIpc) is 2.99. The molecule has 2 aromatic rings. The Balaban J connectivity index is 1.29. The van der Waals surface area contributed by atoms with Crippen LogP contribution in [0.1, 0.15) is 41.9 Å². The molecule has 1 unspecified atom stereocenters. The molecule has 2 heterocycles. The zero-order valence-electron chi connectivity index (χ0n) is 17.9. The Hall–Kier alpha value is -1.89. The lowest BCUT2D eigenvalue weighted by atomic mass is 9.88. The first-order valence-corrected chi connectivity index (χ1v) is 11.2. The number of hydrogen-bond acceptors (Lipinski definition) is 3. The second-order valence-electron chi connectivity index (χ2n) is 8.77. The molecule has 168 valence electrons. The number of halogens is 3. The van der Waals surface area contributed by atoms with Crippen molar-refractivity contribution in [2.75, 3.05) is 39.3 Å². The fourth-order valence-electron chi connectivity index (χ4n) is 4.77. The quantitative estimate of drug-likeness (QED) is 0.648. The van der Waals surface area contributed by atoms with Gasteiger partial charge in [-0.1, -0.05) is 48.5 Å². The number of alkyl halides is 3. The minimum atomic E-state index is -4.28. The molecule has 4 rings (SSSR count). The summed E-state index contributed by atoms with van der Waals surface area (Å²) in [5.74, 6) is 0.197. The monoisotopic (exact) mass is 432 g/mol. The van der Waals surface area contributed by atoms with Gasteiger partial charge in [-0.05, 0) is 55.5 Å². The molecule has 2 saturated heterocycles. The Morgan fingerprint density at radius 1 is 0.903 bits per heavy atom. The Morgan fingerprint density at radius 3 is 2.42 bits per heavy atom. The normalized spacial score (nSPS) is 22.4. The smallest absolute Gasteiger partial charge is 0.376 e. The molecule has 0 amide bonds. The van der Waals surface area contributed by atoms with E-state index in [-0.39, 0.29) is 12.0 Å². The molecule has 31 heavy (non-hydrogen) atoms. The van der Waals surface area contributed by atoms with Crippen LogP contribution in [-0.2, 0) is 17.5 Å². The minimum Gasteiger partial charge on any atom is -0.376 e. The molecule has 0 bridgehead atoms. The summed E-state index contributed by atoms with van der Waals surface area (Å²) in [5.41, 5.74) is 1.59. The lowest BCUT2D eigenvalue weighted by molar-refractivity contribution is -0.137. The van der Waals surface area contributed by atoms with Crippen LogP contribution < -0.4 is 0 Å². The van der Waals surface area contributed by atoms with Crippen LogP contribution >= 0.6 is 0 Å². The highest BCUT2D eigenvalue weighted by molar-refractivity contribution is 5.28. The van der Waals surface area contributed by atoms with Crippen molar-refractivity contribution in [3.63, 3.8) is 0 Å². The van der Waals surface area contributed by atoms with Crippen molar-refractivity contribution in [3.05, 3.63) is 71.3 Å². The fraction of sp³-hybridized carbons (Fsp3) is 0.520. The molecule has 0 saturated carbocycles. The highest BCUT2D eigenvalue weighted by atomic mass is 19.4. The molecule has 2 fully saturated rings. The molecule has 0 spiro atoms. The SMILES string of the molecule is FC(F)(F)c1cccc(C2CCN(CC3CN(Cc4ccccc4)CCCO3)CC2)c1. The van der Waals surface area contributed by atoms with Crippen LogP contribution in [0.5, 0.6) is 0 Å². The van der Waals surface area contributed by atoms with Crippen LogP contribution in [-0.4, -0.2) is 55.2 Å². The maximum absolute atomic E-state index is 13.0. The number of ether oxygens (including phenoxy) is 1. The molecule has 0 radical (unpaired) electrons. The summed E-state index contributed by atoms with van der Waals surface area (Å²) < 4.78 is 45.2. The summed E-state index contributed by atoms with van der Waals surface area (Å²) in [6.45, 7) is 6.39. The van der Waals surface area contributed by atoms with E-state index in [1.807, 2.05) is 12.1 Å². The molecule has 0 aromatic heterocycles. The summed E-state index contributed by atoms with van der Waals surface area (Å²) >= 11 is 0. The number of nitrogens with zero attached hydrogens (tertiary/aromatic N) is 2. The third kappa shape index (κ3) is 6.31. The second-order valence-corrected chi connectivity index (χ2v) is 8.77. The first-order valence-electron chi connectivity index (χ1n) is 11.2. The fourth-order valence-corrected chi connectivity index (χ4v) is 4.77. The van der Waals surface area contributed by atoms with Crippen molar-refractivity contribution >= 4 is 0 Å². The van der Waals surface area contributed by atoms with Crippen LogP contribution in [0.2, 0.25) is 0 Å². The number of rotatable bonds is 5. The van der Waals surface area contributed by atoms with Crippen molar-refractivity contribution in [3.8, 4) is 0 Å². The number of benzene rings is 2. The topological polar surface area (TPSA) is 15.7 Å². The lowest BCUT2D eigenvalue weighted by Gasteiger charge is -2.35. The second kappa shape index (κ2) is 10.2. The molecule has 6 heteroatoms. The number of hydrogen-bond donors (Lipinski definition) is 0. The molecule has 1 atom stereocenters. The maximum atomic E-state index is 13.0. The summed E-state index contributed by atoms with van der Waals surface area (Å²) in [4.78, 5) is 4.89. The molecule has 2 aliphatic rings. The third-order valence-electron chi connectivity index (χ3n) is 6.42. The zero-order chi connectivity index (χ0) is 21.7. The number of likely N-dealkylation sites (tertiary alicyclic amines) is 1. The van der Waals surface area contributed by atoms with E-state index < -0.39 is 11.7 Å². The van der Waals surface area contributed by atoms with Crippen LogP contribution in [0.25, 0.3) is 0 Å². The maximum Gasteiger partial charge on any atom is 0.416 e. The van der Waals surface area contributed by atoms with Crippen LogP contribution in [0.4, 0.5) is 13.2 Å². The summed E-state index contributed by atoms with van der Waals surface area (Å²) in [7, 11) is 0. The Labute approximate surface area is 182 Å². The molecule has 2 aliphatic heterocycles. The Bertz CT molecular complexity index is 819. The van der Waals surface area contributed by atoms with Gasteiger partial charge in [0.1, 0.15) is 0 Å². The zero-order valence-corrected chi connectivity index (χ0v) is 17.9. The van der Waals surface area contributed by atoms with Gasteiger partial charge in [0.2, 0.25) is 0 Å². The van der Waals surface area contributed by atoms with E-state index >= 15 is 0 Å². The van der Waals surface area contributed by atoms with Gasteiger partial charge in [0.05, 0.1) is 11.7 Å². The lowest BCUT2D eigenvalue weighted by Crippen LogP contribution is -2.43. The minimum absolute atomic E-state index is 0.177. The summed E-state index contributed by atoms with van der Waals surface area (Å²) in [6.07, 6.45) is -1.28. The largest absolute Gasteiger partial charge is 0.416 e. The van der Waals surface area contributed by atoms with Crippen molar-refractivity contribution in [1.82, 2.24) is 9.80 Å². The van der Waals surface area contributed by atoms with E-state index in [2.05, 4.69) is 34.1 Å². The third-order valence-corrected chi connectivity index (χ3v) is 6.42. The molecule has 2 aromatic carbocycles. The van der Waals surface area contributed by atoms with Gasteiger partial charge in [-0.25, -0.2) is 0 Å². The van der Waals surface area contributed by atoms with Gasteiger partial charge in [-0.2, -0.15) is 13.2 Å². The van der Waals surface area contributed by atoms with Gasteiger partial charge >= 0.3 is 6.18 Å². The van der Waals surface area contributed by atoms with Crippen LogP contribution in [0, 0.1) is 0 Å². The van der Waals surface area contributed by atoms with Crippen molar-refractivity contribution < 1.29 is 17.9 Å². The number of piperidine rings is 1. The van der Waals surface area contributed by atoms with Gasteiger partial charge in [0, 0.05) is 32.8 Å². The van der Waals surface area contributed by atoms with Crippen LogP contribution in [0.15, 0.2) is 54.6 Å². The highest BCUT2D eigenvalue weighted by Gasteiger charge is 2.32. The van der Waals surface area contributed by atoms with Gasteiger partial charge in [0.25, 0.3) is 0 Å².